The van der Waals surface area contributed by atoms with E-state index in [1.165, 1.54) is 12.2 Å². The fourth-order valence-corrected chi connectivity index (χ4v) is 1.86. The number of thiocarbonyl (C=S) groups is 1. The molecule has 0 bridgehead atoms. The summed E-state index contributed by atoms with van der Waals surface area (Å²) in [5, 5.41) is 4.01. The van der Waals surface area contributed by atoms with E-state index in [9.17, 15) is 0 Å². The third-order valence-corrected chi connectivity index (χ3v) is 3.13. The molecule has 0 aliphatic carbocycles. The Morgan fingerprint density at radius 3 is 2.69 bits per heavy atom. The van der Waals surface area contributed by atoms with Crippen LogP contribution in [0.2, 0.25) is 0 Å². The summed E-state index contributed by atoms with van der Waals surface area (Å²) in [6.45, 7) is 5.17. The van der Waals surface area contributed by atoms with E-state index >= 15 is 0 Å². The Hall–Kier alpha value is 0.0400. The molecule has 0 aromatic carbocycles. The smallest absolute Gasteiger partial charge is 0.168 e. The van der Waals surface area contributed by atoms with Crippen LogP contribution in [0.25, 0.3) is 0 Å². The van der Waals surface area contributed by atoms with Gasteiger partial charge in [0, 0.05) is 19.6 Å². The molecule has 1 N–H and O–H groups in total. The SMILES string of the molecule is CCNC(=S)N(C)C(C)CCSC. The Kier molecular flexibility index (Phi) is 7.47. The molecule has 0 aliphatic rings. The van der Waals surface area contributed by atoms with Gasteiger partial charge in [0.25, 0.3) is 0 Å². The molecule has 0 heterocycles. The van der Waals surface area contributed by atoms with Crippen LogP contribution in [-0.2, 0) is 0 Å². The summed E-state index contributed by atoms with van der Waals surface area (Å²) in [4.78, 5) is 2.13. The minimum atomic E-state index is 0.527. The van der Waals surface area contributed by atoms with Crippen LogP contribution < -0.4 is 5.32 Å². The quantitative estimate of drug-likeness (QED) is 0.712. The van der Waals surface area contributed by atoms with E-state index < -0.39 is 0 Å². The molecule has 13 heavy (non-hydrogen) atoms. The molecule has 2 nitrogen and oxygen atoms in total. The fraction of sp³-hybridized carbons (Fsp3) is 0.889. The van der Waals surface area contributed by atoms with Crippen LogP contribution in [0.5, 0.6) is 0 Å². The average Bonchev–Trinajstić information content (AvgIpc) is 2.13. The molecule has 0 aliphatic heterocycles. The third kappa shape index (κ3) is 5.37. The molecule has 78 valence electrons. The Bertz CT molecular complexity index is 151. The van der Waals surface area contributed by atoms with Crippen LogP contribution in [0.15, 0.2) is 0 Å². The number of hydrogen-bond donors (Lipinski definition) is 1. The lowest BCUT2D eigenvalue weighted by atomic mass is 10.2. The molecular weight excluding hydrogens is 200 g/mol. The van der Waals surface area contributed by atoms with E-state index in [0.29, 0.717) is 6.04 Å². The topological polar surface area (TPSA) is 15.3 Å². The van der Waals surface area contributed by atoms with Crippen LogP contribution in [0.3, 0.4) is 0 Å². The maximum atomic E-state index is 5.21. The van der Waals surface area contributed by atoms with Gasteiger partial charge in [-0.15, -0.1) is 0 Å². The summed E-state index contributed by atoms with van der Waals surface area (Å²) < 4.78 is 0. The largest absolute Gasteiger partial charge is 0.363 e. The first kappa shape index (κ1) is 13.0. The zero-order valence-electron chi connectivity index (χ0n) is 8.96. The lowest BCUT2D eigenvalue weighted by Gasteiger charge is -2.27. The van der Waals surface area contributed by atoms with Crippen molar-refractivity contribution in [2.45, 2.75) is 26.3 Å². The number of nitrogens with zero attached hydrogens (tertiary/aromatic N) is 1. The Balaban J connectivity index is 3.79. The van der Waals surface area contributed by atoms with Gasteiger partial charge < -0.3 is 10.2 Å². The van der Waals surface area contributed by atoms with Gasteiger partial charge in [-0.2, -0.15) is 11.8 Å². The summed E-state index contributed by atoms with van der Waals surface area (Å²) in [5.74, 6) is 1.19. The highest BCUT2D eigenvalue weighted by Crippen LogP contribution is 2.05. The molecule has 0 aromatic heterocycles. The summed E-state index contributed by atoms with van der Waals surface area (Å²) in [5.41, 5.74) is 0. The lowest BCUT2D eigenvalue weighted by molar-refractivity contribution is 0.378. The Morgan fingerprint density at radius 1 is 1.62 bits per heavy atom. The fourth-order valence-electron chi connectivity index (χ4n) is 0.958. The molecule has 1 unspecified atom stereocenters. The van der Waals surface area contributed by atoms with E-state index in [-0.39, 0.29) is 0 Å². The van der Waals surface area contributed by atoms with Crippen LogP contribution >= 0.6 is 24.0 Å². The molecule has 0 spiro atoms. The standard InChI is InChI=1S/C9H20N2S2/c1-5-10-9(12)11(3)8(2)6-7-13-4/h8H,5-7H2,1-4H3,(H,10,12). The summed E-state index contributed by atoms with van der Waals surface area (Å²) >= 11 is 7.09. The monoisotopic (exact) mass is 220 g/mol. The lowest BCUT2D eigenvalue weighted by Crippen LogP contribution is -2.42. The van der Waals surface area contributed by atoms with Gasteiger partial charge in [-0.1, -0.05) is 0 Å². The first-order valence-corrected chi connectivity index (χ1v) is 6.43. The number of thioether (sulfide) groups is 1. The van der Waals surface area contributed by atoms with Crippen LogP contribution in [0.4, 0.5) is 0 Å². The molecule has 1 atom stereocenters. The van der Waals surface area contributed by atoms with Crippen molar-refractivity contribution in [2.75, 3.05) is 25.6 Å². The zero-order chi connectivity index (χ0) is 10.3. The Labute approximate surface area is 91.5 Å². The van der Waals surface area contributed by atoms with Crippen molar-refractivity contribution in [3.8, 4) is 0 Å². The second-order valence-electron chi connectivity index (χ2n) is 3.08. The molecule has 4 heteroatoms. The molecule has 0 rings (SSSR count). The van der Waals surface area contributed by atoms with Crippen molar-refractivity contribution >= 4 is 29.1 Å². The maximum absolute atomic E-state index is 5.21. The molecular formula is C9H20N2S2. The predicted molar refractivity (Wildman–Crippen MR) is 66.5 cm³/mol. The molecule has 0 saturated carbocycles. The van der Waals surface area contributed by atoms with Gasteiger partial charge in [-0.25, -0.2) is 0 Å². The first-order chi connectivity index (χ1) is 6.13. The molecule has 0 fully saturated rings. The Morgan fingerprint density at radius 2 is 2.23 bits per heavy atom. The zero-order valence-corrected chi connectivity index (χ0v) is 10.6. The highest BCUT2D eigenvalue weighted by Gasteiger charge is 2.10. The first-order valence-electron chi connectivity index (χ1n) is 4.63. The van der Waals surface area contributed by atoms with Crippen molar-refractivity contribution in [2.24, 2.45) is 0 Å². The van der Waals surface area contributed by atoms with Crippen molar-refractivity contribution in [1.82, 2.24) is 10.2 Å². The van der Waals surface area contributed by atoms with E-state index in [0.717, 1.165) is 11.7 Å². The second kappa shape index (κ2) is 7.44. The van der Waals surface area contributed by atoms with Crippen molar-refractivity contribution in [3.63, 3.8) is 0 Å². The van der Waals surface area contributed by atoms with Gasteiger partial charge in [0.2, 0.25) is 0 Å². The molecule has 0 radical (unpaired) electrons. The van der Waals surface area contributed by atoms with Crippen LogP contribution in [0.1, 0.15) is 20.3 Å². The van der Waals surface area contributed by atoms with E-state index in [4.69, 9.17) is 12.2 Å². The van der Waals surface area contributed by atoms with Gasteiger partial charge >= 0.3 is 0 Å². The van der Waals surface area contributed by atoms with E-state index in [1.54, 1.807) is 0 Å². The minimum Gasteiger partial charge on any atom is -0.363 e. The number of hydrogen-bond acceptors (Lipinski definition) is 2. The van der Waals surface area contributed by atoms with Gasteiger partial charge in [0.15, 0.2) is 5.11 Å². The van der Waals surface area contributed by atoms with Crippen molar-refractivity contribution < 1.29 is 0 Å². The van der Waals surface area contributed by atoms with Gasteiger partial charge in [-0.3, -0.25) is 0 Å². The molecule has 0 saturated heterocycles. The third-order valence-electron chi connectivity index (χ3n) is 2.05. The van der Waals surface area contributed by atoms with Gasteiger partial charge in [0.1, 0.15) is 0 Å². The summed E-state index contributed by atoms with van der Waals surface area (Å²) in [6, 6.07) is 0.527. The summed E-state index contributed by atoms with van der Waals surface area (Å²) in [6.07, 6.45) is 3.32. The van der Waals surface area contributed by atoms with E-state index in [2.05, 4.69) is 37.4 Å². The second-order valence-corrected chi connectivity index (χ2v) is 4.45. The number of nitrogens with one attached hydrogen (secondary N) is 1. The molecule has 0 aromatic rings. The average molecular weight is 220 g/mol. The normalized spacial score (nSPS) is 12.3. The highest BCUT2D eigenvalue weighted by atomic mass is 32.2. The molecule has 0 amide bonds. The highest BCUT2D eigenvalue weighted by molar-refractivity contribution is 7.98. The van der Waals surface area contributed by atoms with Crippen molar-refractivity contribution in [1.29, 1.82) is 0 Å². The van der Waals surface area contributed by atoms with Crippen molar-refractivity contribution in [3.05, 3.63) is 0 Å². The van der Waals surface area contributed by atoms with Crippen LogP contribution in [-0.4, -0.2) is 41.7 Å². The van der Waals surface area contributed by atoms with E-state index in [1.807, 2.05) is 11.8 Å². The van der Waals surface area contributed by atoms with Gasteiger partial charge in [-0.05, 0) is 44.5 Å². The minimum absolute atomic E-state index is 0.527. The predicted octanol–water partition coefficient (Wildman–Crippen LogP) is 1.95. The van der Waals surface area contributed by atoms with Gasteiger partial charge in [0.05, 0.1) is 0 Å². The maximum Gasteiger partial charge on any atom is 0.168 e. The summed E-state index contributed by atoms with van der Waals surface area (Å²) in [7, 11) is 2.05. The van der Waals surface area contributed by atoms with Crippen LogP contribution in [0, 0.1) is 0 Å². The number of rotatable bonds is 5.